The molecule has 8 nitrogen and oxygen atoms in total. The van der Waals surface area contributed by atoms with Crippen molar-refractivity contribution in [1.29, 1.82) is 0 Å². The maximum Gasteiger partial charge on any atom is 0.281 e. The van der Waals surface area contributed by atoms with Crippen molar-refractivity contribution in [1.82, 2.24) is 15.8 Å². The third-order valence-electron chi connectivity index (χ3n) is 5.34. The van der Waals surface area contributed by atoms with Crippen LogP contribution in [0.2, 0.25) is 0 Å². The molecule has 1 saturated carbocycles. The zero-order valence-corrected chi connectivity index (χ0v) is 17.5. The highest BCUT2D eigenvalue weighted by Crippen LogP contribution is 2.47. The van der Waals surface area contributed by atoms with Crippen molar-refractivity contribution >= 4 is 28.3 Å². The molecule has 2 aliphatic rings. The molecule has 4 rings (SSSR count). The van der Waals surface area contributed by atoms with Gasteiger partial charge in [0.05, 0.1) is 18.9 Å². The first-order valence-corrected chi connectivity index (χ1v) is 10.8. The number of nitrogens with one attached hydrogen (secondary N) is 2. The normalized spacial score (nSPS) is 21.1. The van der Waals surface area contributed by atoms with Gasteiger partial charge in [-0.1, -0.05) is 18.3 Å². The van der Waals surface area contributed by atoms with Crippen LogP contribution in [-0.2, 0) is 16.0 Å². The van der Waals surface area contributed by atoms with Crippen LogP contribution in [0.1, 0.15) is 52.6 Å². The first kappa shape index (κ1) is 19.9. The summed E-state index contributed by atoms with van der Waals surface area (Å²) in [6.45, 7) is 6.85. The minimum Gasteiger partial charge on any atom is -0.466 e. The average molecular weight is 419 g/mol. The van der Waals surface area contributed by atoms with Crippen molar-refractivity contribution in [2.24, 2.45) is 5.92 Å². The lowest BCUT2D eigenvalue weighted by Gasteiger charge is -2.25. The van der Waals surface area contributed by atoms with Gasteiger partial charge in [-0.25, -0.2) is 4.98 Å². The molecule has 2 aromatic rings. The molecule has 0 radical (unpaired) electrons. The molecule has 1 aliphatic heterocycles. The molecule has 0 bridgehead atoms. The average Bonchev–Trinajstić information content (AvgIpc) is 3.12. The summed E-state index contributed by atoms with van der Waals surface area (Å²) in [6, 6.07) is 3.93. The van der Waals surface area contributed by atoms with E-state index in [1.165, 1.54) is 17.8 Å². The molecule has 1 saturated heterocycles. The Bertz CT molecular complexity index is 887. The number of carbonyl (C=O) groups is 2. The molecule has 2 fully saturated rings. The van der Waals surface area contributed by atoms with E-state index >= 15 is 0 Å². The van der Waals surface area contributed by atoms with E-state index in [0.717, 1.165) is 29.7 Å². The zero-order valence-electron chi connectivity index (χ0n) is 16.7. The first-order chi connectivity index (χ1) is 14.0. The lowest BCUT2D eigenvalue weighted by Crippen LogP contribution is -2.41. The molecular weight excluding hydrogens is 392 g/mol. The number of hydrazine groups is 1. The largest absolute Gasteiger partial charge is 0.466 e. The fraction of sp³-hybridized carbons (Fsp3) is 0.550. The van der Waals surface area contributed by atoms with E-state index in [9.17, 15) is 9.59 Å². The molecule has 0 spiro atoms. The maximum absolute atomic E-state index is 12.4. The van der Waals surface area contributed by atoms with E-state index in [2.05, 4.69) is 27.7 Å². The van der Waals surface area contributed by atoms with E-state index < -0.39 is 0 Å². The topological polar surface area (TPSA) is 96.7 Å². The number of carbonyl (C=O) groups excluding carboxylic acids is 2. The molecule has 2 N–H and O–H groups in total. The standard InChI is InChI=1S/C20H26N4O4S/c1-12-11-15(12)16-5-3-14(28-16)4-6-17(25)22-23-19(26)18-13(2)21-20(29-18)24-7-9-27-10-8-24/h3,5,12,15H,4,6-11H2,1-2H3,(H,22,25)(H,23,26). The number of nitrogens with zero attached hydrogens (tertiary/aromatic N) is 2. The molecule has 29 heavy (non-hydrogen) atoms. The minimum atomic E-state index is -0.351. The van der Waals surface area contributed by atoms with Crippen LogP contribution in [-0.4, -0.2) is 43.1 Å². The van der Waals surface area contributed by atoms with E-state index in [1.54, 1.807) is 6.92 Å². The summed E-state index contributed by atoms with van der Waals surface area (Å²) in [7, 11) is 0. The summed E-state index contributed by atoms with van der Waals surface area (Å²) in [6.07, 6.45) is 1.92. The SMILES string of the molecule is Cc1nc(N2CCOCC2)sc1C(=O)NNC(=O)CCc1ccc(C2CC2C)o1. The highest BCUT2D eigenvalue weighted by molar-refractivity contribution is 7.17. The van der Waals surface area contributed by atoms with Gasteiger partial charge >= 0.3 is 0 Å². The minimum absolute atomic E-state index is 0.244. The molecule has 2 amide bonds. The van der Waals surface area contributed by atoms with Gasteiger partial charge in [0.25, 0.3) is 5.91 Å². The van der Waals surface area contributed by atoms with Crippen molar-refractivity contribution in [3.8, 4) is 0 Å². The number of hydrogen-bond acceptors (Lipinski definition) is 7. The van der Waals surface area contributed by atoms with E-state index in [0.29, 0.717) is 42.0 Å². The van der Waals surface area contributed by atoms with Crippen molar-refractivity contribution in [3.63, 3.8) is 0 Å². The van der Waals surface area contributed by atoms with Crippen LogP contribution in [0.4, 0.5) is 5.13 Å². The number of furan rings is 1. The quantitative estimate of drug-likeness (QED) is 0.700. The number of ether oxygens (including phenoxy) is 1. The van der Waals surface area contributed by atoms with Crippen molar-refractivity contribution in [2.45, 2.75) is 39.0 Å². The van der Waals surface area contributed by atoms with E-state index in [1.807, 2.05) is 12.1 Å². The predicted octanol–water partition coefficient (Wildman–Crippen LogP) is 2.40. The highest BCUT2D eigenvalue weighted by atomic mass is 32.1. The summed E-state index contributed by atoms with van der Waals surface area (Å²) in [5.74, 6) is 2.42. The van der Waals surface area contributed by atoms with Gasteiger partial charge in [0.1, 0.15) is 16.4 Å². The van der Waals surface area contributed by atoms with Gasteiger partial charge in [-0.3, -0.25) is 20.4 Å². The molecule has 156 valence electrons. The second-order valence-corrected chi connectivity index (χ2v) is 8.61. The Morgan fingerprint density at radius 2 is 2.03 bits per heavy atom. The Hall–Kier alpha value is -2.39. The van der Waals surface area contributed by atoms with Crippen molar-refractivity contribution in [3.05, 3.63) is 34.2 Å². The van der Waals surface area contributed by atoms with Gasteiger partial charge in [0.15, 0.2) is 5.13 Å². The maximum atomic E-state index is 12.4. The summed E-state index contributed by atoms with van der Waals surface area (Å²) < 4.78 is 11.2. The van der Waals surface area contributed by atoms with Gasteiger partial charge in [0, 0.05) is 31.8 Å². The van der Waals surface area contributed by atoms with Crippen LogP contribution in [0.25, 0.3) is 0 Å². The summed E-state index contributed by atoms with van der Waals surface area (Å²) in [5, 5.41) is 0.806. The Balaban J connectivity index is 1.24. The van der Waals surface area contributed by atoms with Crippen LogP contribution in [0.5, 0.6) is 0 Å². The van der Waals surface area contributed by atoms with Gasteiger partial charge in [-0.2, -0.15) is 0 Å². The van der Waals surface area contributed by atoms with Gasteiger partial charge < -0.3 is 14.1 Å². The fourth-order valence-electron chi connectivity index (χ4n) is 3.41. The Morgan fingerprint density at radius 1 is 1.28 bits per heavy atom. The molecular formula is C20H26N4O4S. The number of hydrogen-bond donors (Lipinski definition) is 2. The smallest absolute Gasteiger partial charge is 0.281 e. The number of aromatic nitrogens is 1. The Kier molecular flexibility index (Phi) is 5.86. The summed E-state index contributed by atoms with van der Waals surface area (Å²) >= 11 is 1.33. The first-order valence-electron chi connectivity index (χ1n) is 9.99. The van der Waals surface area contributed by atoms with Crippen molar-refractivity contribution < 1.29 is 18.7 Å². The zero-order chi connectivity index (χ0) is 20.4. The summed E-state index contributed by atoms with van der Waals surface area (Å²) in [5.41, 5.74) is 5.62. The van der Waals surface area contributed by atoms with Crippen LogP contribution >= 0.6 is 11.3 Å². The molecule has 9 heteroatoms. The second kappa shape index (κ2) is 8.54. The number of morpholine rings is 1. The molecule has 1 aliphatic carbocycles. The van der Waals surface area contributed by atoms with Crippen LogP contribution in [0.3, 0.4) is 0 Å². The predicted molar refractivity (Wildman–Crippen MR) is 109 cm³/mol. The Morgan fingerprint density at radius 3 is 2.76 bits per heavy atom. The summed E-state index contributed by atoms with van der Waals surface area (Å²) in [4.78, 5) is 31.6. The van der Waals surface area contributed by atoms with Crippen LogP contribution in [0, 0.1) is 12.8 Å². The van der Waals surface area contributed by atoms with Crippen molar-refractivity contribution in [2.75, 3.05) is 31.2 Å². The van der Waals surface area contributed by atoms with Crippen LogP contribution < -0.4 is 15.8 Å². The molecule has 2 unspecified atom stereocenters. The van der Waals surface area contributed by atoms with E-state index in [4.69, 9.17) is 9.15 Å². The Labute approximate surface area is 173 Å². The molecule has 2 atom stereocenters. The van der Waals surface area contributed by atoms with Crippen LogP contribution in [0.15, 0.2) is 16.5 Å². The number of aryl methyl sites for hydroxylation is 2. The fourth-order valence-corrected chi connectivity index (χ4v) is 4.43. The molecule has 3 heterocycles. The van der Waals surface area contributed by atoms with Gasteiger partial charge in [-0.05, 0) is 31.4 Å². The highest BCUT2D eigenvalue weighted by Gasteiger charge is 2.36. The number of amides is 2. The lowest BCUT2D eigenvalue weighted by atomic mass is 10.2. The lowest BCUT2D eigenvalue weighted by molar-refractivity contribution is -0.121. The number of rotatable bonds is 6. The van der Waals surface area contributed by atoms with E-state index in [-0.39, 0.29) is 18.2 Å². The number of thiazole rings is 1. The third kappa shape index (κ3) is 4.79. The molecule has 2 aromatic heterocycles. The van der Waals surface area contributed by atoms with Gasteiger partial charge in [0.2, 0.25) is 5.91 Å². The molecule has 0 aromatic carbocycles. The number of anilines is 1. The monoisotopic (exact) mass is 418 g/mol. The second-order valence-electron chi connectivity index (χ2n) is 7.64. The van der Waals surface area contributed by atoms with Gasteiger partial charge in [-0.15, -0.1) is 0 Å². The third-order valence-corrected chi connectivity index (χ3v) is 6.56.